The van der Waals surface area contributed by atoms with E-state index in [1.54, 1.807) is 0 Å². The maximum Gasteiger partial charge on any atom is 0.306 e. The molecule has 0 aromatic heterocycles. The van der Waals surface area contributed by atoms with E-state index in [1.165, 1.54) is 122 Å². The monoisotopic (exact) mass is 919 g/mol. The first-order valence-corrected chi connectivity index (χ1v) is 27.6. The summed E-state index contributed by atoms with van der Waals surface area (Å²) in [5, 5.41) is 0. The highest BCUT2D eigenvalue weighted by atomic mass is 16.6. The summed E-state index contributed by atoms with van der Waals surface area (Å²) in [6.45, 7) is 6.45. The van der Waals surface area contributed by atoms with Gasteiger partial charge in [-0.05, 0) is 116 Å². The normalized spacial score (nSPS) is 12.7. The lowest BCUT2D eigenvalue weighted by molar-refractivity contribution is -0.167. The number of esters is 3. The minimum atomic E-state index is -0.803. The Kier molecular flexibility index (Phi) is 51.4. The fraction of sp³-hybridized carbons (Fsp3) is 0.717. The number of unbranched alkanes of at least 4 members (excludes halogenated alkanes) is 24. The minimum absolute atomic E-state index is 0.0981. The second-order valence-electron chi connectivity index (χ2n) is 18.1. The molecule has 378 valence electrons. The second-order valence-corrected chi connectivity index (χ2v) is 18.1. The topological polar surface area (TPSA) is 78.9 Å². The summed E-state index contributed by atoms with van der Waals surface area (Å²) in [7, 11) is 0. The molecule has 66 heavy (non-hydrogen) atoms. The van der Waals surface area contributed by atoms with Gasteiger partial charge in [-0.15, -0.1) is 0 Å². The van der Waals surface area contributed by atoms with Crippen LogP contribution in [-0.2, 0) is 28.6 Å². The maximum atomic E-state index is 12.8. The van der Waals surface area contributed by atoms with Crippen molar-refractivity contribution >= 4 is 17.9 Å². The van der Waals surface area contributed by atoms with Crippen LogP contribution in [0.4, 0.5) is 0 Å². The number of carbonyl (C=O) groups is 3. The molecule has 0 aliphatic rings. The molecule has 0 N–H and O–H groups in total. The molecule has 0 saturated carbocycles. The average molecular weight is 919 g/mol. The van der Waals surface area contributed by atoms with Gasteiger partial charge in [0, 0.05) is 19.3 Å². The van der Waals surface area contributed by atoms with Crippen molar-refractivity contribution in [3.63, 3.8) is 0 Å². The number of rotatable bonds is 49. The van der Waals surface area contributed by atoms with Gasteiger partial charge in [0.15, 0.2) is 6.10 Å². The Morgan fingerprint density at radius 2 is 0.591 bits per heavy atom. The van der Waals surface area contributed by atoms with Crippen molar-refractivity contribution in [2.75, 3.05) is 13.2 Å². The van der Waals surface area contributed by atoms with Crippen molar-refractivity contribution in [2.24, 2.45) is 0 Å². The van der Waals surface area contributed by atoms with Gasteiger partial charge >= 0.3 is 17.9 Å². The number of carbonyl (C=O) groups excluding carboxylic acids is 3. The number of hydrogen-bond donors (Lipinski definition) is 0. The van der Waals surface area contributed by atoms with Gasteiger partial charge in [0.05, 0.1) is 0 Å². The van der Waals surface area contributed by atoms with Crippen LogP contribution in [0.2, 0.25) is 0 Å². The minimum Gasteiger partial charge on any atom is -0.462 e. The Hall–Kier alpha value is -3.41. The summed E-state index contributed by atoms with van der Waals surface area (Å²) in [5.41, 5.74) is 0. The molecule has 0 radical (unpaired) electrons. The molecule has 0 aliphatic carbocycles. The number of hydrogen-bond acceptors (Lipinski definition) is 6. The zero-order chi connectivity index (χ0) is 47.9. The van der Waals surface area contributed by atoms with Crippen molar-refractivity contribution in [1.82, 2.24) is 0 Å². The zero-order valence-electron chi connectivity index (χ0n) is 43.2. The standard InChI is InChI=1S/C60H102O6/c1-4-7-10-13-16-19-22-25-28-29-30-31-33-35-38-41-44-47-50-53-59(62)65-56-57(55-64-58(61)52-49-46-43-40-37-34-27-24-21-18-15-12-9-6-3)66-60(63)54-51-48-45-42-39-36-32-26-23-20-17-14-11-8-5-2/h8,11,16-17,19-20,24-28,32,39,42,57H,4-7,9-10,12-15,18,21-23,29-31,33-38,40-41,43-56H2,1-3H3/b11-8-,19-16-,20-17-,27-24-,28-25-,32-26-,42-39-. The molecule has 0 rings (SSSR count). The Labute approximate surface area is 407 Å². The molecule has 0 saturated heterocycles. The molecule has 0 spiro atoms. The highest BCUT2D eigenvalue weighted by Crippen LogP contribution is 2.14. The summed E-state index contributed by atoms with van der Waals surface area (Å²) in [6.07, 6.45) is 70.0. The van der Waals surface area contributed by atoms with Crippen LogP contribution in [0.15, 0.2) is 85.1 Å². The zero-order valence-corrected chi connectivity index (χ0v) is 43.2. The Bertz CT molecular complexity index is 1290. The molecule has 0 amide bonds. The van der Waals surface area contributed by atoms with Gasteiger partial charge in [-0.1, -0.05) is 209 Å². The van der Waals surface area contributed by atoms with E-state index >= 15 is 0 Å². The predicted octanol–water partition coefficient (Wildman–Crippen LogP) is 18.4. The molecular formula is C60H102O6. The Balaban J connectivity index is 4.44. The van der Waals surface area contributed by atoms with Crippen LogP contribution >= 0.6 is 0 Å². The molecule has 0 bridgehead atoms. The lowest BCUT2D eigenvalue weighted by atomic mass is 10.1. The van der Waals surface area contributed by atoms with Crippen LogP contribution in [0, 0.1) is 0 Å². The van der Waals surface area contributed by atoms with Gasteiger partial charge in [-0.25, -0.2) is 0 Å². The predicted molar refractivity (Wildman–Crippen MR) is 284 cm³/mol. The average Bonchev–Trinajstić information content (AvgIpc) is 3.31. The van der Waals surface area contributed by atoms with E-state index in [9.17, 15) is 14.4 Å². The van der Waals surface area contributed by atoms with Crippen LogP contribution in [0.5, 0.6) is 0 Å². The second kappa shape index (κ2) is 54.2. The number of allylic oxidation sites excluding steroid dienone is 14. The van der Waals surface area contributed by atoms with Gasteiger partial charge < -0.3 is 14.2 Å². The van der Waals surface area contributed by atoms with Crippen molar-refractivity contribution in [2.45, 2.75) is 264 Å². The van der Waals surface area contributed by atoms with Gasteiger partial charge in [-0.2, -0.15) is 0 Å². The van der Waals surface area contributed by atoms with E-state index in [2.05, 4.69) is 106 Å². The van der Waals surface area contributed by atoms with Crippen LogP contribution in [0.25, 0.3) is 0 Å². The van der Waals surface area contributed by atoms with Crippen molar-refractivity contribution in [3.8, 4) is 0 Å². The highest BCUT2D eigenvalue weighted by Gasteiger charge is 2.19. The third kappa shape index (κ3) is 51.6. The van der Waals surface area contributed by atoms with E-state index in [1.807, 2.05) is 0 Å². The van der Waals surface area contributed by atoms with Crippen molar-refractivity contribution in [3.05, 3.63) is 85.1 Å². The lowest BCUT2D eigenvalue weighted by Gasteiger charge is -2.18. The van der Waals surface area contributed by atoms with Crippen LogP contribution in [0.3, 0.4) is 0 Å². The molecular weight excluding hydrogens is 817 g/mol. The quantitative estimate of drug-likeness (QED) is 0.0262. The molecule has 0 aromatic rings. The molecule has 0 heterocycles. The Morgan fingerprint density at radius 1 is 0.318 bits per heavy atom. The molecule has 6 heteroatoms. The largest absolute Gasteiger partial charge is 0.462 e. The molecule has 6 nitrogen and oxygen atoms in total. The Morgan fingerprint density at radius 3 is 1.00 bits per heavy atom. The summed E-state index contributed by atoms with van der Waals surface area (Å²) in [6, 6.07) is 0. The molecule has 1 atom stereocenters. The van der Waals surface area contributed by atoms with E-state index in [-0.39, 0.29) is 37.5 Å². The first-order valence-electron chi connectivity index (χ1n) is 27.6. The lowest BCUT2D eigenvalue weighted by Crippen LogP contribution is -2.30. The first-order chi connectivity index (χ1) is 32.5. The third-order valence-electron chi connectivity index (χ3n) is 11.6. The fourth-order valence-electron chi connectivity index (χ4n) is 7.46. The summed E-state index contributed by atoms with van der Waals surface area (Å²) in [4.78, 5) is 38.1. The van der Waals surface area contributed by atoms with Gasteiger partial charge in [0.2, 0.25) is 0 Å². The highest BCUT2D eigenvalue weighted by molar-refractivity contribution is 5.71. The summed E-state index contributed by atoms with van der Waals surface area (Å²) >= 11 is 0. The molecule has 1 unspecified atom stereocenters. The van der Waals surface area contributed by atoms with E-state index < -0.39 is 6.10 Å². The number of ether oxygens (including phenoxy) is 3. The molecule has 0 aromatic carbocycles. The van der Waals surface area contributed by atoms with Gasteiger partial charge in [0.1, 0.15) is 13.2 Å². The van der Waals surface area contributed by atoms with Gasteiger partial charge in [0.25, 0.3) is 0 Å². The third-order valence-corrected chi connectivity index (χ3v) is 11.6. The van der Waals surface area contributed by atoms with Crippen LogP contribution < -0.4 is 0 Å². The van der Waals surface area contributed by atoms with Crippen LogP contribution in [0.1, 0.15) is 258 Å². The van der Waals surface area contributed by atoms with Crippen molar-refractivity contribution < 1.29 is 28.6 Å². The van der Waals surface area contributed by atoms with Crippen LogP contribution in [-0.4, -0.2) is 37.2 Å². The molecule has 0 fully saturated rings. The van der Waals surface area contributed by atoms with E-state index in [0.717, 1.165) is 89.9 Å². The van der Waals surface area contributed by atoms with Gasteiger partial charge in [-0.3, -0.25) is 14.4 Å². The summed E-state index contributed by atoms with van der Waals surface area (Å²) < 4.78 is 16.8. The first kappa shape index (κ1) is 62.6. The van der Waals surface area contributed by atoms with E-state index in [0.29, 0.717) is 19.3 Å². The maximum absolute atomic E-state index is 12.8. The molecule has 0 aliphatic heterocycles. The van der Waals surface area contributed by atoms with Crippen molar-refractivity contribution in [1.29, 1.82) is 0 Å². The smallest absolute Gasteiger partial charge is 0.306 e. The SMILES string of the molecule is CC/C=C\C/C=C\C/C=C\C/C=C\CCCCC(=O)OC(COC(=O)CCCCCCC/C=C\CCCCCCC)COC(=O)CCCCCCCCCCC/C=C\C/C=C\CCCCC. The van der Waals surface area contributed by atoms with E-state index in [4.69, 9.17) is 14.2 Å². The fourth-order valence-corrected chi connectivity index (χ4v) is 7.46. The summed E-state index contributed by atoms with van der Waals surface area (Å²) in [5.74, 6) is -0.950.